The van der Waals surface area contributed by atoms with Gasteiger partial charge in [-0.2, -0.15) is 5.26 Å². The third-order valence-corrected chi connectivity index (χ3v) is 3.96. The van der Waals surface area contributed by atoms with Crippen molar-refractivity contribution in [3.05, 3.63) is 47.5 Å². The highest BCUT2D eigenvalue weighted by Gasteiger charge is 2.20. The Morgan fingerprint density at radius 3 is 3.05 bits per heavy atom. The van der Waals surface area contributed by atoms with Gasteiger partial charge in [0, 0.05) is 6.04 Å². The minimum Gasteiger partial charge on any atom is -0.309 e. The molecule has 1 atom stereocenters. The molecule has 102 valence electrons. The van der Waals surface area contributed by atoms with Gasteiger partial charge in [-0.25, -0.2) is 4.98 Å². The molecule has 1 aromatic heterocycles. The van der Waals surface area contributed by atoms with E-state index in [9.17, 15) is 5.26 Å². The number of rotatable bonds is 2. The summed E-state index contributed by atoms with van der Waals surface area (Å²) in [6.07, 6.45) is 7.31. The van der Waals surface area contributed by atoms with Gasteiger partial charge in [-0.3, -0.25) is 0 Å². The second-order valence-corrected chi connectivity index (χ2v) is 5.27. The van der Waals surface area contributed by atoms with Crippen molar-refractivity contribution in [2.45, 2.75) is 32.2 Å². The van der Waals surface area contributed by atoms with Crippen LogP contribution in [0.15, 0.2) is 30.7 Å². The number of hydrogen-bond donors (Lipinski definition) is 1. The molecule has 0 saturated carbocycles. The summed E-state index contributed by atoms with van der Waals surface area (Å²) in [5, 5.41) is 12.9. The molecule has 1 aliphatic rings. The average Bonchev–Trinajstić information content (AvgIpc) is 2.97. The maximum atomic E-state index is 9.40. The zero-order chi connectivity index (χ0) is 13.9. The van der Waals surface area contributed by atoms with Crippen molar-refractivity contribution in [3.8, 4) is 11.8 Å². The van der Waals surface area contributed by atoms with Crippen molar-refractivity contribution in [3.63, 3.8) is 0 Å². The second kappa shape index (κ2) is 5.48. The summed E-state index contributed by atoms with van der Waals surface area (Å²) >= 11 is 0. The number of nitrogens with zero attached hydrogens (tertiary/aromatic N) is 3. The van der Waals surface area contributed by atoms with Crippen LogP contribution in [-0.4, -0.2) is 16.1 Å². The van der Waals surface area contributed by atoms with Gasteiger partial charge in [-0.15, -0.1) is 0 Å². The average molecular weight is 266 g/mol. The summed E-state index contributed by atoms with van der Waals surface area (Å²) in [5.41, 5.74) is 3.79. The van der Waals surface area contributed by atoms with E-state index in [2.05, 4.69) is 20.9 Å². The summed E-state index contributed by atoms with van der Waals surface area (Å²) in [6, 6.07) is 8.59. The summed E-state index contributed by atoms with van der Waals surface area (Å²) in [5.74, 6) is 0. The van der Waals surface area contributed by atoms with Gasteiger partial charge in [-0.1, -0.05) is 18.6 Å². The lowest BCUT2D eigenvalue weighted by atomic mass is 10.0. The van der Waals surface area contributed by atoms with E-state index in [1.807, 2.05) is 31.3 Å². The Kier molecular flexibility index (Phi) is 3.53. The van der Waals surface area contributed by atoms with Crippen LogP contribution in [0.2, 0.25) is 0 Å². The highest BCUT2D eigenvalue weighted by atomic mass is 15.1. The SMILES string of the molecule is Cc1cccc(-n2cncc2C2CCCCN2)c1C#N. The topological polar surface area (TPSA) is 53.6 Å². The Bertz CT molecular complexity index is 645. The highest BCUT2D eigenvalue weighted by molar-refractivity contribution is 5.53. The molecule has 20 heavy (non-hydrogen) atoms. The van der Waals surface area contributed by atoms with Crippen molar-refractivity contribution < 1.29 is 0 Å². The first-order valence-corrected chi connectivity index (χ1v) is 7.07. The molecule has 0 spiro atoms. The van der Waals surface area contributed by atoms with Crippen LogP contribution in [0.3, 0.4) is 0 Å². The van der Waals surface area contributed by atoms with Crippen LogP contribution < -0.4 is 5.32 Å². The van der Waals surface area contributed by atoms with Crippen LogP contribution in [0.5, 0.6) is 0 Å². The first-order chi connectivity index (χ1) is 9.81. The maximum absolute atomic E-state index is 9.40. The Morgan fingerprint density at radius 1 is 1.40 bits per heavy atom. The molecule has 0 aliphatic carbocycles. The molecular weight excluding hydrogens is 248 g/mol. The summed E-state index contributed by atoms with van der Waals surface area (Å²) in [4.78, 5) is 4.29. The van der Waals surface area contributed by atoms with Gasteiger partial charge in [0.05, 0.1) is 29.5 Å². The standard InChI is InChI=1S/C16H18N4/c1-12-5-4-7-15(13(12)9-17)20-11-18-10-16(20)14-6-2-3-8-19-14/h4-5,7,10-11,14,19H,2-3,6,8H2,1H3. The van der Waals surface area contributed by atoms with Crippen LogP contribution in [0.25, 0.3) is 5.69 Å². The van der Waals surface area contributed by atoms with E-state index in [-0.39, 0.29) is 0 Å². The fraction of sp³-hybridized carbons (Fsp3) is 0.375. The molecule has 0 radical (unpaired) electrons. The number of piperidine rings is 1. The third kappa shape index (κ3) is 2.21. The van der Waals surface area contributed by atoms with Gasteiger partial charge in [0.25, 0.3) is 0 Å². The molecule has 0 bridgehead atoms. The van der Waals surface area contributed by atoms with Crippen molar-refractivity contribution in [2.75, 3.05) is 6.54 Å². The molecule has 1 saturated heterocycles. The van der Waals surface area contributed by atoms with E-state index in [0.717, 1.165) is 35.5 Å². The Labute approximate surface area is 119 Å². The second-order valence-electron chi connectivity index (χ2n) is 5.27. The van der Waals surface area contributed by atoms with Gasteiger partial charge < -0.3 is 9.88 Å². The smallest absolute Gasteiger partial charge is 0.102 e. The first-order valence-electron chi connectivity index (χ1n) is 7.07. The van der Waals surface area contributed by atoms with Crippen LogP contribution in [0.1, 0.15) is 42.1 Å². The van der Waals surface area contributed by atoms with Crippen LogP contribution in [0.4, 0.5) is 0 Å². The molecule has 1 fully saturated rings. The summed E-state index contributed by atoms with van der Waals surface area (Å²) in [6.45, 7) is 3.02. The third-order valence-electron chi connectivity index (χ3n) is 3.96. The van der Waals surface area contributed by atoms with Crippen molar-refractivity contribution in [1.82, 2.24) is 14.9 Å². The molecule has 1 aromatic carbocycles. The lowest BCUT2D eigenvalue weighted by Gasteiger charge is -2.24. The van der Waals surface area contributed by atoms with Crippen molar-refractivity contribution in [2.24, 2.45) is 0 Å². The minimum absolute atomic E-state index is 0.332. The lowest BCUT2D eigenvalue weighted by molar-refractivity contribution is 0.402. The van der Waals surface area contributed by atoms with E-state index < -0.39 is 0 Å². The van der Waals surface area contributed by atoms with E-state index in [0.29, 0.717) is 6.04 Å². The summed E-state index contributed by atoms with van der Waals surface area (Å²) in [7, 11) is 0. The van der Waals surface area contributed by atoms with Gasteiger partial charge in [0.1, 0.15) is 6.07 Å². The predicted molar refractivity (Wildman–Crippen MR) is 77.6 cm³/mol. The molecule has 1 N–H and O–H groups in total. The fourth-order valence-electron chi connectivity index (χ4n) is 2.87. The van der Waals surface area contributed by atoms with Crippen molar-refractivity contribution >= 4 is 0 Å². The molecule has 1 unspecified atom stereocenters. The molecular formula is C16H18N4. The Morgan fingerprint density at radius 2 is 2.30 bits per heavy atom. The minimum atomic E-state index is 0.332. The van der Waals surface area contributed by atoms with Crippen LogP contribution in [0, 0.1) is 18.3 Å². The summed E-state index contributed by atoms with van der Waals surface area (Å²) < 4.78 is 2.05. The monoisotopic (exact) mass is 266 g/mol. The zero-order valence-electron chi connectivity index (χ0n) is 11.6. The maximum Gasteiger partial charge on any atom is 0.102 e. The van der Waals surface area contributed by atoms with Crippen LogP contribution >= 0.6 is 0 Å². The predicted octanol–water partition coefficient (Wildman–Crippen LogP) is 2.87. The fourth-order valence-corrected chi connectivity index (χ4v) is 2.87. The van der Waals surface area contributed by atoms with E-state index in [1.165, 1.54) is 12.8 Å². The molecule has 2 aromatic rings. The number of aryl methyl sites for hydroxylation is 1. The van der Waals surface area contributed by atoms with Gasteiger partial charge >= 0.3 is 0 Å². The Hall–Kier alpha value is -2.12. The van der Waals surface area contributed by atoms with Gasteiger partial charge in [-0.05, 0) is 37.9 Å². The van der Waals surface area contributed by atoms with E-state index >= 15 is 0 Å². The highest BCUT2D eigenvalue weighted by Crippen LogP contribution is 2.26. The largest absolute Gasteiger partial charge is 0.309 e. The van der Waals surface area contributed by atoms with Crippen LogP contribution in [-0.2, 0) is 0 Å². The lowest BCUT2D eigenvalue weighted by Crippen LogP contribution is -2.28. The normalized spacial score (nSPS) is 18.7. The Balaban J connectivity index is 2.06. The van der Waals surface area contributed by atoms with Crippen molar-refractivity contribution in [1.29, 1.82) is 5.26 Å². The van der Waals surface area contributed by atoms with E-state index in [4.69, 9.17) is 0 Å². The number of imidazole rings is 1. The first kappa shape index (κ1) is 12.9. The number of benzene rings is 1. The quantitative estimate of drug-likeness (QED) is 0.909. The molecule has 0 amide bonds. The van der Waals surface area contributed by atoms with Gasteiger partial charge in [0.15, 0.2) is 0 Å². The number of nitrogens with one attached hydrogen (secondary N) is 1. The molecule has 4 nitrogen and oxygen atoms in total. The zero-order valence-corrected chi connectivity index (χ0v) is 11.6. The number of nitriles is 1. The molecule has 1 aliphatic heterocycles. The van der Waals surface area contributed by atoms with E-state index in [1.54, 1.807) is 6.33 Å². The molecule has 3 rings (SSSR count). The number of hydrogen-bond acceptors (Lipinski definition) is 3. The molecule has 2 heterocycles. The van der Waals surface area contributed by atoms with Gasteiger partial charge in [0.2, 0.25) is 0 Å². The molecule has 4 heteroatoms. The number of aromatic nitrogens is 2.